The molecule has 0 saturated heterocycles. The van der Waals surface area contributed by atoms with Gasteiger partial charge in [0.1, 0.15) is 0 Å². The van der Waals surface area contributed by atoms with Crippen molar-refractivity contribution in [1.82, 2.24) is 0 Å². The predicted molar refractivity (Wildman–Crippen MR) is 73.3 cm³/mol. The minimum absolute atomic E-state index is 0.218. The Labute approximate surface area is 129 Å². The smallest absolute Gasteiger partial charge is 0.418 e. The van der Waals surface area contributed by atoms with Crippen LogP contribution in [0.2, 0.25) is 5.02 Å². The van der Waals surface area contributed by atoms with Crippen LogP contribution in [0.15, 0.2) is 18.2 Å². The third-order valence-corrected chi connectivity index (χ3v) is 3.66. The number of benzene rings is 1. The lowest BCUT2D eigenvalue weighted by molar-refractivity contribution is -0.149. The fraction of sp³-hybridized carbons (Fsp3) is 0.429. The topological polar surface area (TPSA) is 55.4 Å². The Balaban J connectivity index is 2.01. The number of alkyl halides is 3. The number of ether oxygens (including phenoxy) is 1. The van der Waals surface area contributed by atoms with E-state index >= 15 is 0 Å². The maximum Gasteiger partial charge on any atom is 0.418 e. The number of rotatable bonds is 4. The largest absolute Gasteiger partial charge is 0.455 e. The van der Waals surface area contributed by atoms with Crippen molar-refractivity contribution in [2.24, 2.45) is 11.8 Å². The number of carbonyl (C=O) groups is 2. The van der Waals surface area contributed by atoms with Crippen molar-refractivity contribution in [1.29, 1.82) is 0 Å². The Kier molecular flexibility index (Phi) is 4.65. The minimum atomic E-state index is -4.66. The van der Waals surface area contributed by atoms with Crippen LogP contribution in [-0.4, -0.2) is 18.5 Å². The first-order chi connectivity index (χ1) is 10.2. The molecule has 4 nitrogen and oxygen atoms in total. The molecule has 2 rings (SSSR count). The summed E-state index contributed by atoms with van der Waals surface area (Å²) in [6.45, 7) is 1.22. The van der Waals surface area contributed by atoms with Gasteiger partial charge < -0.3 is 10.1 Å². The van der Waals surface area contributed by atoms with Gasteiger partial charge in [-0.15, -0.1) is 0 Å². The summed E-state index contributed by atoms with van der Waals surface area (Å²) in [6, 6.07) is 3.17. The van der Waals surface area contributed by atoms with E-state index in [1.807, 2.05) is 12.2 Å². The molecule has 0 aromatic heterocycles. The van der Waals surface area contributed by atoms with Crippen LogP contribution in [0.3, 0.4) is 0 Å². The Bertz CT molecular complexity index is 603. The molecule has 0 radical (unpaired) electrons. The van der Waals surface area contributed by atoms with E-state index in [4.69, 9.17) is 16.3 Å². The van der Waals surface area contributed by atoms with Crippen molar-refractivity contribution >= 4 is 29.2 Å². The molecule has 1 saturated carbocycles. The van der Waals surface area contributed by atoms with Crippen LogP contribution < -0.4 is 5.32 Å². The normalized spacial score (nSPS) is 20.4. The SMILES string of the molecule is CC1CC1C(=O)OCC(=O)Nc1c(Cl)cccc1C(F)(F)F. The molecule has 1 N–H and O–H groups in total. The highest BCUT2D eigenvalue weighted by Crippen LogP contribution is 2.39. The van der Waals surface area contributed by atoms with E-state index in [0.29, 0.717) is 6.42 Å². The molecule has 1 fully saturated rings. The quantitative estimate of drug-likeness (QED) is 0.857. The predicted octanol–water partition coefficient (Wildman–Crippen LogP) is 3.50. The van der Waals surface area contributed by atoms with E-state index in [2.05, 4.69) is 0 Å². The fourth-order valence-corrected chi connectivity index (χ4v) is 2.18. The van der Waals surface area contributed by atoms with Crippen LogP contribution >= 0.6 is 11.6 Å². The number of para-hydroxylation sites is 1. The zero-order chi connectivity index (χ0) is 16.5. The van der Waals surface area contributed by atoms with Gasteiger partial charge in [-0.3, -0.25) is 9.59 Å². The van der Waals surface area contributed by atoms with Crippen molar-refractivity contribution in [3.05, 3.63) is 28.8 Å². The molecular formula is C14H13ClF3NO3. The third-order valence-electron chi connectivity index (χ3n) is 3.34. The highest BCUT2D eigenvalue weighted by atomic mass is 35.5. The third kappa shape index (κ3) is 3.91. The van der Waals surface area contributed by atoms with E-state index in [-0.39, 0.29) is 16.9 Å². The Morgan fingerprint density at radius 2 is 2.05 bits per heavy atom. The van der Waals surface area contributed by atoms with Gasteiger partial charge in [0, 0.05) is 0 Å². The maximum atomic E-state index is 12.9. The number of nitrogens with one attached hydrogen (secondary N) is 1. The summed E-state index contributed by atoms with van der Waals surface area (Å²) in [4.78, 5) is 23.1. The van der Waals surface area contributed by atoms with Gasteiger partial charge in [0.15, 0.2) is 6.61 Å². The van der Waals surface area contributed by atoms with Gasteiger partial charge in [0.25, 0.3) is 5.91 Å². The molecule has 0 spiro atoms. The lowest BCUT2D eigenvalue weighted by Gasteiger charge is -2.15. The fourth-order valence-electron chi connectivity index (χ4n) is 1.96. The Morgan fingerprint density at radius 1 is 1.41 bits per heavy atom. The second-order valence-corrected chi connectivity index (χ2v) is 5.54. The number of carbonyl (C=O) groups excluding carboxylic acids is 2. The Morgan fingerprint density at radius 3 is 2.59 bits per heavy atom. The molecule has 1 aliphatic rings. The number of hydrogen-bond acceptors (Lipinski definition) is 3. The average molecular weight is 336 g/mol. The van der Waals surface area contributed by atoms with Gasteiger partial charge in [-0.25, -0.2) is 0 Å². The monoisotopic (exact) mass is 335 g/mol. The molecule has 0 bridgehead atoms. The Hall–Kier alpha value is -1.76. The highest BCUT2D eigenvalue weighted by molar-refractivity contribution is 6.34. The second kappa shape index (κ2) is 6.16. The molecular weight excluding hydrogens is 323 g/mol. The number of anilines is 1. The van der Waals surface area contributed by atoms with Gasteiger partial charge in [-0.2, -0.15) is 13.2 Å². The van der Waals surface area contributed by atoms with Crippen molar-refractivity contribution < 1.29 is 27.5 Å². The van der Waals surface area contributed by atoms with Gasteiger partial charge in [-0.1, -0.05) is 24.6 Å². The highest BCUT2D eigenvalue weighted by Gasteiger charge is 2.40. The lowest BCUT2D eigenvalue weighted by atomic mass is 10.1. The molecule has 120 valence electrons. The van der Waals surface area contributed by atoms with Crippen LogP contribution in [0.5, 0.6) is 0 Å². The van der Waals surface area contributed by atoms with Crippen LogP contribution in [0.1, 0.15) is 18.9 Å². The molecule has 1 aromatic rings. The molecule has 1 aromatic carbocycles. The van der Waals surface area contributed by atoms with Crippen molar-refractivity contribution in [2.45, 2.75) is 19.5 Å². The number of esters is 1. The van der Waals surface area contributed by atoms with E-state index in [0.717, 1.165) is 12.1 Å². The lowest BCUT2D eigenvalue weighted by Crippen LogP contribution is -2.23. The molecule has 0 aliphatic heterocycles. The van der Waals surface area contributed by atoms with E-state index in [9.17, 15) is 22.8 Å². The van der Waals surface area contributed by atoms with Crippen molar-refractivity contribution in [2.75, 3.05) is 11.9 Å². The summed E-state index contributed by atoms with van der Waals surface area (Å²) in [5.74, 6) is -1.40. The van der Waals surface area contributed by atoms with Gasteiger partial charge in [0.2, 0.25) is 0 Å². The van der Waals surface area contributed by atoms with Crippen LogP contribution in [0.25, 0.3) is 0 Å². The van der Waals surface area contributed by atoms with Crippen LogP contribution in [-0.2, 0) is 20.5 Å². The first kappa shape index (κ1) is 16.6. The zero-order valence-corrected chi connectivity index (χ0v) is 12.3. The number of halogens is 4. The second-order valence-electron chi connectivity index (χ2n) is 5.14. The zero-order valence-electron chi connectivity index (χ0n) is 11.5. The summed E-state index contributed by atoms with van der Waals surface area (Å²) in [5.41, 5.74) is -1.60. The molecule has 2 atom stereocenters. The number of amides is 1. The van der Waals surface area contributed by atoms with Crippen LogP contribution in [0.4, 0.5) is 18.9 Å². The maximum absolute atomic E-state index is 12.9. The summed E-state index contributed by atoms with van der Waals surface area (Å²) < 4.78 is 43.3. The van der Waals surface area contributed by atoms with Crippen LogP contribution in [0, 0.1) is 11.8 Å². The van der Waals surface area contributed by atoms with E-state index in [1.165, 1.54) is 6.07 Å². The average Bonchev–Trinajstić information content (AvgIpc) is 3.14. The summed E-state index contributed by atoms with van der Waals surface area (Å²) in [7, 11) is 0. The first-order valence-electron chi connectivity index (χ1n) is 6.52. The molecule has 22 heavy (non-hydrogen) atoms. The van der Waals surface area contributed by atoms with E-state index in [1.54, 1.807) is 0 Å². The minimum Gasteiger partial charge on any atom is -0.455 e. The van der Waals surface area contributed by atoms with Gasteiger partial charge in [0.05, 0.1) is 22.2 Å². The van der Waals surface area contributed by atoms with Gasteiger partial charge in [-0.05, 0) is 24.5 Å². The summed E-state index contributed by atoms with van der Waals surface area (Å²) in [6.07, 6.45) is -3.96. The standard InChI is InChI=1S/C14H13ClF3NO3/c1-7-5-8(7)13(21)22-6-11(20)19-12-9(14(16,17)18)3-2-4-10(12)15/h2-4,7-8H,5-6H2,1H3,(H,19,20). The summed E-state index contributed by atoms with van der Waals surface area (Å²) in [5, 5.41) is 1.80. The molecule has 1 amide bonds. The van der Waals surface area contributed by atoms with E-state index < -0.39 is 35.9 Å². The van der Waals surface area contributed by atoms with Crippen molar-refractivity contribution in [3.63, 3.8) is 0 Å². The molecule has 2 unspecified atom stereocenters. The van der Waals surface area contributed by atoms with Crippen molar-refractivity contribution in [3.8, 4) is 0 Å². The molecule has 1 aliphatic carbocycles. The summed E-state index contributed by atoms with van der Waals surface area (Å²) >= 11 is 5.70. The molecule has 8 heteroatoms. The first-order valence-corrected chi connectivity index (χ1v) is 6.90. The number of hydrogen-bond donors (Lipinski definition) is 1. The molecule has 0 heterocycles. The van der Waals surface area contributed by atoms with Gasteiger partial charge >= 0.3 is 12.1 Å².